The van der Waals surface area contributed by atoms with E-state index in [0.29, 0.717) is 11.8 Å². The van der Waals surface area contributed by atoms with Crippen molar-refractivity contribution in [3.63, 3.8) is 0 Å². The Balaban J connectivity index is 1.46. The lowest BCUT2D eigenvalue weighted by Crippen LogP contribution is -2.48. The van der Waals surface area contributed by atoms with Crippen LogP contribution in [0.5, 0.6) is 0 Å². The normalized spacial score (nSPS) is 29.7. The molecule has 1 aliphatic heterocycles. The molecule has 25 heavy (non-hydrogen) atoms. The molecule has 2 aliphatic rings. The van der Waals surface area contributed by atoms with E-state index in [9.17, 15) is 9.90 Å². The Morgan fingerprint density at radius 2 is 2.00 bits per heavy atom. The van der Waals surface area contributed by atoms with Crippen LogP contribution in [0.3, 0.4) is 0 Å². The van der Waals surface area contributed by atoms with Crippen molar-refractivity contribution >= 4 is 16.8 Å². The van der Waals surface area contributed by atoms with E-state index in [1.165, 1.54) is 12.3 Å². The maximum absolute atomic E-state index is 11.3. The van der Waals surface area contributed by atoms with Crippen LogP contribution < -0.4 is 5.32 Å². The molecule has 6 heteroatoms. The minimum Gasteiger partial charge on any atom is -0.391 e. The van der Waals surface area contributed by atoms with E-state index in [4.69, 9.17) is 5.10 Å². The van der Waals surface area contributed by atoms with Crippen LogP contribution in [0.25, 0.3) is 10.9 Å². The Morgan fingerprint density at radius 1 is 1.28 bits per heavy atom. The molecule has 134 valence electrons. The number of likely N-dealkylation sites (tertiary alicyclic amines) is 1. The highest BCUT2D eigenvalue weighted by atomic mass is 16.3. The average Bonchev–Trinajstić information content (AvgIpc) is 3.09. The number of para-hydroxylation sites is 1. The van der Waals surface area contributed by atoms with Gasteiger partial charge in [-0.05, 0) is 30.7 Å². The highest BCUT2D eigenvalue weighted by Gasteiger charge is 2.42. The van der Waals surface area contributed by atoms with Gasteiger partial charge in [0.2, 0.25) is 5.91 Å². The molecule has 1 aromatic heterocycles. The predicted octanol–water partition coefficient (Wildman–Crippen LogP) is 1.28. The lowest BCUT2D eigenvalue weighted by Gasteiger charge is -2.35. The number of aryl methyl sites for hydroxylation is 1. The summed E-state index contributed by atoms with van der Waals surface area (Å²) >= 11 is 0. The van der Waals surface area contributed by atoms with Gasteiger partial charge in [0.05, 0.1) is 23.4 Å². The van der Waals surface area contributed by atoms with E-state index in [1.807, 2.05) is 17.8 Å². The maximum Gasteiger partial charge on any atom is 0.217 e. The lowest BCUT2D eigenvalue weighted by molar-refractivity contribution is -0.121. The monoisotopic (exact) mass is 342 g/mol. The fraction of sp³-hybridized carbons (Fsp3) is 0.579. The highest BCUT2D eigenvalue weighted by Crippen LogP contribution is 2.37. The summed E-state index contributed by atoms with van der Waals surface area (Å²) in [6.07, 6.45) is 1.21. The van der Waals surface area contributed by atoms with Crippen LogP contribution in [0, 0.1) is 11.8 Å². The molecule has 0 spiro atoms. The second kappa shape index (κ2) is 6.42. The molecule has 2 heterocycles. The van der Waals surface area contributed by atoms with Gasteiger partial charge in [0.25, 0.3) is 0 Å². The Bertz CT molecular complexity index is 787. The molecule has 1 aromatic carbocycles. The first-order valence-electron chi connectivity index (χ1n) is 9.09. The molecule has 1 saturated carbocycles. The first kappa shape index (κ1) is 16.5. The van der Waals surface area contributed by atoms with Gasteiger partial charge in [-0.15, -0.1) is 0 Å². The van der Waals surface area contributed by atoms with Crippen molar-refractivity contribution in [2.24, 2.45) is 18.9 Å². The Morgan fingerprint density at radius 3 is 2.76 bits per heavy atom. The largest absolute Gasteiger partial charge is 0.391 e. The van der Waals surface area contributed by atoms with Gasteiger partial charge < -0.3 is 10.4 Å². The summed E-state index contributed by atoms with van der Waals surface area (Å²) in [5.74, 6) is 0.988. The number of hydrogen-bond acceptors (Lipinski definition) is 4. The summed E-state index contributed by atoms with van der Waals surface area (Å²) in [6.45, 7) is 4.37. The van der Waals surface area contributed by atoms with E-state index >= 15 is 0 Å². The number of aliphatic hydroxyl groups excluding tert-OH is 1. The van der Waals surface area contributed by atoms with Gasteiger partial charge >= 0.3 is 0 Å². The van der Waals surface area contributed by atoms with Crippen molar-refractivity contribution in [1.29, 1.82) is 0 Å². The van der Waals surface area contributed by atoms with E-state index in [0.717, 1.165) is 43.7 Å². The molecular formula is C19H26N4O2. The molecule has 1 aliphatic carbocycles. The van der Waals surface area contributed by atoms with E-state index in [-0.39, 0.29) is 11.9 Å². The summed E-state index contributed by atoms with van der Waals surface area (Å²) in [6, 6.07) is 8.24. The lowest BCUT2D eigenvalue weighted by atomic mass is 9.77. The third kappa shape index (κ3) is 3.16. The highest BCUT2D eigenvalue weighted by molar-refractivity contribution is 5.81. The SMILES string of the molecule is CC(=O)N[C@@H]1C[C@@H]2CN(Cc3nn(C)c4ccccc34)C[C@@H]2C[C@H]1O. The Labute approximate surface area is 147 Å². The van der Waals surface area contributed by atoms with Crippen molar-refractivity contribution in [2.75, 3.05) is 13.1 Å². The van der Waals surface area contributed by atoms with Crippen molar-refractivity contribution in [2.45, 2.75) is 38.5 Å². The van der Waals surface area contributed by atoms with Gasteiger partial charge in [-0.2, -0.15) is 5.10 Å². The van der Waals surface area contributed by atoms with E-state index in [1.54, 1.807) is 0 Å². The fourth-order valence-corrected chi connectivity index (χ4v) is 4.69. The molecule has 0 radical (unpaired) electrons. The van der Waals surface area contributed by atoms with Crippen LogP contribution in [0.1, 0.15) is 25.5 Å². The molecular weight excluding hydrogens is 316 g/mol. The molecule has 2 N–H and O–H groups in total. The van der Waals surface area contributed by atoms with Gasteiger partial charge in [0.1, 0.15) is 0 Å². The van der Waals surface area contributed by atoms with E-state index < -0.39 is 6.10 Å². The third-order valence-electron chi connectivity index (χ3n) is 5.81. The van der Waals surface area contributed by atoms with Gasteiger partial charge in [-0.3, -0.25) is 14.4 Å². The summed E-state index contributed by atoms with van der Waals surface area (Å²) in [4.78, 5) is 13.8. The quantitative estimate of drug-likeness (QED) is 0.882. The zero-order chi connectivity index (χ0) is 17.6. The van der Waals surface area contributed by atoms with Crippen molar-refractivity contribution in [3.8, 4) is 0 Å². The van der Waals surface area contributed by atoms with Crippen LogP contribution >= 0.6 is 0 Å². The van der Waals surface area contributed by atoms with Crippen LogP contribution in [0.4, 0.5) is 0 Å². The molecule has 6 nitrogen and oxygen atoms in total. The minimum absolute atomic E-state index is 0.0580. The predicted molar refractivity (Wildman–Crippen MR) is 95.8 cm³/mol. The maximum atomic E-state index is 11.3. The third-order valence-corrected chi connectivity index (χ3v) is 5.81. The molecule has 0 bridgehead atoms. The number of nitrogens with one attached hydrogen (secondary N) is 1. The number of rotatable bonds is 3. The first-order chi connectivity index (χ1) is 12.0. The fourth-order valence-electron chi connectivity index (χ4n) is 4.69. The van der Waals surface area contributed by atoms with Crippen molar-refractivity contribution in [3.05, 3.63) is 30.0 Å². The zero-order valence-electron chi connectivity index (χ0n) is 14.9. The summed E-state index contributed by atoms with van der Waals surface area (Å²) in [5.41, 5.74) is 2.28. The number of carbonyl (C=O) groups excluding carboxylic acids is 1. The molecule has 0 unspecified atom stereocenters. The number of carbonyl (C=O) groups is 1. The number of hydrogen-bond donors (Lipinski definition) is 2. The van der Waals surface area contributed by atoms with Crippen molar-refractivity contribution in [1.82, 2.24) is 20.0 Å². The number of aromatic nitrogens is 2. The summed E-state index contributed by atoms with van der Waals surface area (Å²) < 4.78 is 1.95. The molecule has 1 amide bonds. The number of benzene rings is 1. The first-order valence-corrected chi connectivity index (χ1v) is 9.09. The smallest absolute Gasteiger partial charge is 0.217 e. The van der Waals surface area contributed by atoms with Gasteiger partial charge in [0.15, 0.2) is 0 Å². The van der Waals surface area contributed by atoms with Crippen LogP contribution in [0.2, 0.25) is 0 Å². The van der Waals surface area contributed by atoms with E-state index in [2.05, 4.69) is 28.4 Å². The second-order valence-electron chi connectivity index (χ2n) is 7.65. The number of fused-ring (bicyclic) bond motifs is 2. The number of amides is 1. The Hall–Kier alpha value is -1.92. The summed E-state index contributed by atoms with van der Waals surface area (Å²) in [5, 5.41) is 19.2. The standard InChI is InChI=1S/C19H26N4O2/c1-12(24)20-16-7-13-9-23(10-14(13)8-19(16)25)11-17-15-5-3-4-6-18(15)22(2)21-17/h3-6,13-14,16,19,25H,7-11H2,1-2H3,(H,20,24)/t13-,14+,16-,19-/m1/s1. The molecule has 1 saturated heterocycles. The minimum atomic E-state index is -0.430. The molecule has 4 atom stereocenters. The number of nitrogens with zero attached hydrogens (tertiary/aromatic N) is 3. The average molecular weight is 342 g/mol. The van der Waals surface area contributed by atoms with Crippen molar-refractivity contribution < 1.29 is 9.90 Å². The molecule has 2 fully saturated rings. The van der Waals surface area contributed by atoms with Crippen LogP contribution in [-0.2, 0) is 18.4 Å². The topological polar surface area (TPSA) is 70.4 Å². The van der Waals surface area contributed by atoms with Gasteiger partial charge in [-0.1, -0.05) is 18.2 Å². The second-order valence-corrected chi connectivity index (χ2v) is 7.65. The van der Waals surface area contributed by atoms with Crippen LogP contribution in [-0.4, -0.2) is 50.9 Å². The van der Waals surface area contributed by atoms with Crippen LogP contribution in [0.15, 0.2) is 24.3 Å². The molecule has 2 aromatic rings. The van der Waals surface area contributed by atoms with Gasteiger partial charge in [0, 0.05) is 39.0 Å². The number of aliphatic hydroxyl groups is 1. The zero-order valence-corrected chi connectivity index (χ0v) is 14.9. The summed E-state index contributed by atoms with van der Waals surface area (Å²) in [7, 11) is 1.99. The van der Waals surface area contributed by atoms with Gasteiger partial charge in [-0.25, -0.2) is 0 Å². The Kier molecular flexibility index (Phi) is 4.25. The molecule has 4 rings (SSSR count).